The van der Waals surface area contributed by atoms with Crippen LogP contribution in [-0.4, -0.2) is 38.6 Å². The van der Waals surface area contributed by atoms with Crippen LogP contribution in [0, 0.1) is 12.7 Å². The molecule has 1 atom stereocenters. The second-order valence-corrected chi connectivity index (χ2v) is 7.78. The second-order valence-electron chi connectivity index (χ2n) is 7.78. The molecule has 4 aromatic rings. The lowest BCUT2D eigenvalue weighted by Crippen LogP contribution is -2.27. The highest BCUT2D eigenvalue weighted by molar-refractivity contribution is 5.93. The maximum absolute atomic E-state index is 15.1. The first-order valence-corrected chi connectivity index (χ1v) is 10.4. The zero-order chi connectivity index (χ0) is 24.6. The molecule has 34 heavy (non-hydrogen) atoms. The van der Waals surface area contributed by atoms with Crippen molar-refractivity contribution in [2.45, 2.75) is 26.5 Å². The van der Waals surface area contributed by atoms with Crippen LogP contribution in [0.25, 0.3) is 16.6 Å². The molecule has 0 aliphatic carbocycles. The SMILES string of the molecule is COc1ccc2c(Oc3ccc(-n4c(=O)c(C(N)=O)c(C)n4CC(C)O)cc3F)ccnc2c1. The highest BCUT2D eigenvalue weighted by Gasteiger charge is 2.23. The predicted molar refractivity (Wildman–Crippen MR) is 123 cm³/mol. The van der Waals surface area contributed by atoms with Gasteiger partial charge in [-0.25, -0.2) is 9.07 Å². The lowest BCUT2D eigenvalue weighted by atomic mass is 10.2. The molecule has 3 N–H and O–H groups in total. The number of primary amides is 1. The number of benzene rings is 2. The first kappa shape index (κ1) is 23.0. The average molecular weight is 466 g/mol. The Kier molecular flexibility index (Phi) is 6.08. The van der Waals surface area contributed by atoms with Crippen LogP contribution >= 0.6 is 0 Å². The molecule has 1 unspecified atom stereocenters. The van der Waals surface area contributed by atoms with Crippen molar-refractivity contribution >= 4 is 16.8 Å². The minimum absolute atomic E-state index is 0.000685. The quantitative estimate of drug-likeness (QED) is 0.432. The average Bonchev–Trinajstić information content (AvgIpc) is 3.03. The Labute approximate surface area is 193 Å². The number of nitrogens with two attached hydrogens (primary N) is 1. The zero-order valence-electron chi connectivity index (χ0n) is 18.8. The summed E-state index contributed by atoms with van der Waals surface area (Å²) in [6.07, 6.45) is 0.712. The summed E-state index contributed by atoms with van der Waals surface area (Å²) in [4.78, 5) is 29.0. The topological polar surface area (TPSA) is 122 Å². The minimum atomic E-state index is -0.901. The van der Waals surface area contributed by atoms with Crippen LogP contribution in [0.3, 0.4) is 0 Å². The van der Waals surface area contributed by atoms with Gasteiger partial charge in [-0.15, -0.1) is 0 Å². The van der Waals surface area contributed by atoms with Gasteiger partial charge in [0, 0.05) is 23.7 Å². The summed E-state index contributed by atoms with van der Waals surface area (Å²) in [5.41, 5.74) is 5.49. The number of methoxy groups -OCH3 is 1. The molecule has 176 valence electrons. The van der Waals surface area contributed by atoms with E-state index < -0.39 is 23.4 Å². The molecule has 0 saturated carbocycles. The van der Waals surface area contributed by atoms with Crippen LogP contribution in [0.1, 0.15) is 23.0 Å². The fourth-order valence-electron chi connectivity index (χ4n) is 3.80. The number of aromatic nitrogens is 3. The number of pyridine rings is 1. The normalized spacial score (nSPS) is 12.0. The number of carbonyl (C=O) groups excluding carboxylic acids is 1. The number of halogens is 1. The van der Waals surface area contributed by atoms with Gasteiger partial charge in [0.15, 0.2) is 11.6 Å². The summed E-state index contributed by atoms with van der Waals surface area (Å²) < 4.78 is 28.6. The first-order valence-electron chi connectivity index (χ1n) is 10.4. The van der Waals surface area contributed by atoms with E-state index in [2.05, 4.69) is 4.98 Å². The van der Waals surface area contributed by atoms with Gasteiger partial charge in [0.25, 0.3) is 11.5 Å². The number of fused-ring (bicyclic) bond motifs is 1. The molecule has 4 rings (SSSR count). The molecule has 9 nitrogen and oxygen atoms in total. The third kappa shape index (κ3) is 4.11. The molecule has 0 radical (unpaired) electrons. The lowest BCUT2D eigenvalue weighted by Gasteiger charge is -2.16. The molecular formula is C24H23FN4O5. The largest absolute Gasteiger partial charge is 0.497 e. The Morgan fingerprint density at radius 1 is 1.21 bits per heavy atom. The maximum Gasteiger partial charge on any atom is 0.284 e. The summed E-state index contributed by atoms with van der Waals surface area (Å²) in [7, 11) is 1.55. The van der Waals surface area contributed by atoms with E-state index in [0.717, 1.165) is 10.7 Å². The van der Waals surface area contributed by atoms with E-state index >= 15 is 4.39 Å². The van der Waals surface area contributed by atoms with Crippen LogP contribution in [0.4, 0.5) is 4.39 Å². The fraction of sp³-hybridized carbons (Fsp3) is 0.208. The van der Waals surface area contributed by atoms with Crippen molar-refractivity contribution in [2.24, 2.45) is 5.73 Å². The van der Waals surface area contributed by atoms with Gasteiger partial charge in [-0.2, -0.15) is 0 Å². The van der Waals surface area contributed by atoms with Crippen molar-refractivity contribution in [1.82, 2.24) is 14.3 Å². The van der Waals surface area contributed by atoms with Gasteiger partial charge >= 0.3 is 0 Å². The van der Waals surface area contributed by atoms with Gasteiger partial charge in [0.1, 0.15) is 17.1 Å². The highest BCUT2D eigenvalue weighted by atomic mass is 19.1. The van der Waals surface area contributed by atoms with Crippen molar-refractivity contribution in [3.8, 4) is 22.9 Å². The zero-order valence-corrected chi connectivity index (χ0v) is 18.8. The van der Waals surface area contributed by atoms with Gasteiger partial charge in [-0.05, 0) is 44.2 Å². The summed E-state index contributed by atoms with van der Waals surface area (Å²) in [6, 6.07) is 10.8. The number of rotatable bonds is 7. The van der Waals surface area contributed by atoms with Crippen molar-refractivity contribution < 1.29 is 23.8 Å². The van der Waals surface area contributed by atoms with Gasteiger partial charge in [-0.3, -0.25) is 19.3 Å². The van der Waals surface area contributed by atoms with Crippen LogP contribution in [0.2, 0.25) is 0 Å². The number of aliphatic hydroxyl groups is 1. The Balaban J connectivity index is 1.76. The molecule has 0 fully saturated rings. The van der Waals surface area contributed by atoms with Gasteiger partial charge in [0.05, 0.1) is 36.7 Å². The van der Waals surface area contributed by atoms with Crippen LogP contribution < -0.4 is 20.8 Å². The summed E-state index contributed by atoms with van der Waals surface area (Å²) in [5.74, 6) is -0.682. The Hall–Kier alpha value is -4.18. The summed E-state index contributed by atoms with van der Waals surface area (Å²) in [6.45, 7) is 3.07. The molecule has 0 saturated heterocycles. The molecule has 2 heterocycles. The number of ether oxygens (including phenoxy) is 2. The third-order valence-corrected chi connectivity index (χ3v) is 5.37. The molecule has 2 aromatic carbocycles. The van der Waals surface area contributed by atoms with Crippen molar-refractivity contribution in [1.29, 1.82) is 0 Å². The van der Waals surface area contributed by atoms with E-state index in [4.69, 9.17) is 15.2 Å². The van der Waals surface area contributed by atoms with E-state index in [1.807, 2.05) is 0 Å². The first-order chi connectivity index (χ1) is 16.2. The molecule has 0 aliphatic heterocycles. The minimum Gasteiger partial charge on any atom is -0.497 e. The predicted octanol–water partition coefficient (Wildman–Crippen LogP) is 2.92. The molecule has 1 amide bonds. The van der Waals surface area contributed by atoms with Crippen molar-refractivity contribution in [3.05, 3.63) is 76.1 Å². The number of amides is 1. The highest BCUT2D eigenvalue weighted by Crippen LogP contribution is 2.32. The van der Waals surface area contributed by atoms with Gasteiger partial charge in [-0.1, -0.05) is 0 Å². The second kappa shape index (κ2) is 8.99. The monoisotopic (exact) mass is 466 g/mol. The Morgan fingerprint density at radius 2 is 1.97 bits per heavy atom. The van der Waals surface area contributed by atoms with Gasteiger partial charge < -0.3 is 20.3 Å². The summed E-state index contributed by atoms with van der Waals surface area (Å²) >= 11 is 0. The number of nitrogens with zero attached hydrogens (tertiary/aromatic N) is 3. The number of hydrogen-bond acceptors (Lipinski definition) is 6. The van der Waals surface area contributed by atoms with E-state index in [1.54, 1.807) is 37.6 Å². The molecule has 0 spiro atoms. The lowest BCUT2D eigenvalue weighted by molar-refractivity contribution is 0.0998. The molecule has 2 aromatic heterocycles. The van der Waals surface area contributed by atoms with Crippen LogP contribution in [0.15, 0.2) is 53.5 Å². The van der Waals surface area contributed by atoms with Crippen molar-refractivity contribution in [3.63, 3.8) is 0 Å². The number of carbonyl (C=O) groups is 1. The smallest absolute Gasteiger partial charge is 0.284 e. The van der Waals surface area contributed by atoms with Gasteiger partial charge in [0.2, 0.25) is 0 Å². The fourth-order valence-corrected chi connectivity index (χ4v) is 3.80. The Bertz CT molecular complexity index is 1460. The summed E-state index contributed by atoms with van der Waals surface area (Å²) in [5, 5.41) is 10.5. The molecular weight excluding hydrogens is 443 g/mol. The van der Waals surface area contributed by atoms with E-state index in [0.29, 0.717) is 22.4 Å². The van der Waals surface area contributed by atoms with Crippen LogP contribution in [0.5, 0.6) is 17.2 Å². The number of aliphatic hydroxyl groups excluding tert-OH is 1. The standard InChI is InChI=1S/C24H23FN4O5/c1-13(30)12-28-14(2)22(23(26)31)24(32)29(28)15-4-7-21(18(25)10-15)34-20-8-9-27-19-11-16(33-3)5-6-17(19)20/h4-11,13,30H,12H2,1-3H3,(H2,26,31). The Morgan fingerprint density at radius 3 is 2.62 bits per heavy atom. The van der Waals surface area contributed by atoms with E-state index in [9.17, 15) is 14.7 Å². The molecule has 0 aliphatic rings. The van der Waals surface area contributed by atoms with Crippen LogP contribution in [-0.2, 0) is 6.54 Å². The third-order valence-electron chi connectivity index (χ3n) is 5.37. The molecule has 10 heteroatoms. The van der Waals surface area contributed by atoms with Crippen molar-refractivity contribution in [2.75, 3.05) is 7.11 Å². The van der Waals surface area contributed by atoms with E-state index in [-0.39, 0.29) is 29.2 Å². The molecule has 0 bridgehead atoms. The number of hydrogen-bond donors (Lipinski definition) is 2. The van der Waals surface area contributed by atoms with E-state index in [1.165, 1.54) is 30.7 Å². The maximum atomic E-state index is 15.1.